The number of alkyl carbamates (subject to hydrolysis) is 1. The maximum absolute atomic E-state index is 14.7. The van der Waals surface area contributed by atoms with E-state index in [9.17, 15) is 19.3 Å². The highest BCUT2D eigenvalue weighted by molar-refractivity contribution is 8.13. The summed E-state index contributed by atoms with van der Waals surface area (Å²) in [5.41, 5.74) is -1.95. The number of ether oxygens (including phenoxy) is 2. The predicted molar refractivity (Wildman–Crippen MR) is 103 cm³/mol. The molecule has 2 aliphatic heterocycles. The number of nitrogens with zero attached hydrogens (tertiary/aromatic N) is 2. The van der Waals surface area contributed by atoms with E-state index in [0.717, 1.165) is 12.1 Å². The first kappa shape index (κ1) is 20.5. The Morgan fingerprint density at radius 2 is 2.21 bits per heavy atom. The third-order valence-electron chi connectivity index (χ3n) is 4.68. The SMILES string of the molecule is C[C@H]1OC[C@]2(c3cc([N+](=O)[O-])ccc3F)N=C(NC(=O)OC(C)(C)C)SC[C@H]12. The summed E-state index contributed by atoms with van der Waals surface area (Å²) in [6.07, 6.45) is -0.878. The minimum atomic E-state index is -1.15. The third-order valence-corrected chi connectivity index (χ3v) is 5.67. The number of hydrogen-bond acceptors (Lipinski definition) is 7. The second-order valence-electron chi connectivity index (χ2n) is 7.82. The third kappa shape index (κ3) is 3.97. The number of thioether (sulfide) groups is 1. The molecule has 2 aliphatic rings. The van der Waals surface area contributed by atoms with Crippen molar-refractivity contribution in [3.63, 3.8) is 0 Å². The Labute approximate surface area is 166 Å². The Bertz CT molecular complexity index is 841. The monoisotopic (exact) mass is 411 g/mol. The highest BCUT2D eigenvalue weighted by Crippen LogP contribution is 2.48. The summed E-state index contributed by atoms with van der Waals surface area (Å²) >= 11 is 1.31. The van der Waals surface area contributed by atoms with Crippen molar-refractivity contribution in [3.05, 3.63) is 39.7 Å². The first-order chi connectivity index (χ1) is 13.0. The standard InChI is InChI=1S/C18H22FN3O5S/c1-10-13-8-28-15(20-16(23)27-17(2,3)4)21-18(13,9-26-10)12-7-11(22(24)25)5-6-14(12)19/h5-7,10,13H,8-9H2,1-4H3,(H,20,21,23)/t10-,13-,18-/m1/s1. The molecule has 8 nitrogen and oxygen atoms in total. The van der Waals surface area contributed by atoms with Crippen molar-refractivity contribution in [3.8, 4) is 0 Å². The van der Waals surface area contributed by atoms with Gasteiger partial charge in [-0.15, -0.1) is 0 Å². The highest BCUT2D eigenvalue weighted by Gasteiger charge is 2.53. The van der Waals surface area contributed by atoms with Crippen molar-refractivity contribution in [1.82, 2.24) is 5.32 Å². The predicted octanol–water partition coefficient (Wildman–Crippen LogP) is 3.59. The van der Waals surface area contributed by atoms with E-state index in [4.69, 9.17) is 9.47 Å². The Hall–Kier alpha value is -2.20. The van der Waals surface area contributed by atoms with Crippen LogP contribution in [0.2, 0.25) is 0 Å². The average molecular weight is 411 g/mol. The normalized spacial score (nSPS) is 27.0. The van der Waals surface area contributed by atoms with Crippen molar-refractivity contribution < 1.29 is 23.6 Å². The molecule has 0 aliphatic carbocycles. The summed E-state index contributed by atoms with van der Waals surface area (Å²) in [5.74, 6) is -0.281. The van der Waals surface area contributed by atoms with Crippen LogP contribution in [-0.2, 0) is 15.0 Å². The van der Waals surface area contributed by atoms with Crippen LogP contribution in [0.1, 0.15) is 33.3 Å². The van der Waals surface area contributed by atoms with Crippen LogP contribution in [0.15, 0.2) is 23.2 Å². The van der Waals surface area contributed by atoms with Crippen LogP contribution in [0.5, 0.6) is 0 Å². The van der Waals surface area contributed by atoms with Gasteiger partial charge in [0, 0.05) is 29.4 Å². The minimum Gasteiger partial charge on any atom is -0.444 e. The second-order valence-corrected chi connectivity index (χ2v) is 8.83. The maximum atomic E-state index is 14.7. The Morgan fingerprint density at radius 3 is 2.86 bits per heavy atom. The molecule has 10 heteroatoms. The van der Waals surface area contributed by atoms with Crippen LogP contribution in [0.25, 0.3) is 0 Å². The highest BCUT2D eigenvalue weighted by atomic mass is 32.2. The van der Waals surface area contributed by atoms with Crippen LogP contribution >= 0.6 is 11.8 Å². The number of hydrogen-bond donors (Lipinski definition) is 1. The van der Waals surface area contributed by atoms with Gasteiger partial charge < -0.3 is 9.47 Å². The number of aliphatic imine (C=N–C) groups is 1. The van der Waals surface area contributed by atoms with Gasteiger partial charge in [0.15, 0.2) is 5.17 Å². The van der Waals surface area contributed by atoms with E-state index in [1.54, 1.807) is 20.8 Å². The van der Waals surface area contributed by atoms with Crippen LogP contribution in [-0.4, -0.2) is 40.2 Å². The quantitative estimate of drug-likeness (QED) is 0.589. The van der Waals surface area contributed by atoms with E-state index in [2.05, 4.69) is 10.3 Å². The van der Waals surface area contributed by atoms with Gasteiger partial charge in [-0.25, -0.2) is 14.2 Å². The number of benzene rings is 1. The number of amides is 1. The summed E-state index contributed by atoms with van der Waals surface area (Å²) in [6, 6.07) is 3.39. The first-order valence-electron chi connectivity index (χ1n) is 8.80. The largest absolute Gasteiger partial charge is 0.444 e. The second kappa shape index (κ2) is 7.32. The van der Waals surface area contributed by atoms with Gasteiger partial charge in [0.2, 0.25) is 0 Å². The fraction of sp³-hybridized carbons (Fsp3) is 0.556. The molecule has 2 heterocycles. The molecule has 1 saturated heterocycles. The summed E-state index contributed by atoms with van der Waals surface area (Å²) in [4.78, 5) is 27.3. The van der Waals surface area contributed by atoms with Gasteiger partial charge in [-0.2, -0.15) is 0 Å². The van der Waals surface area contributed by atoms with Gasteiger partial charge in [-0.3, -0.25) is 15.4 Å². The number of nitrogens with one attached hydrogen (secondary N) is 1. The van der Waals surface area contributed by atoms with E-state index in [1.165, 1.54) is 17.8 Å². The van der Waals surface area contributed by atoms with Crippen molar-refractivity contribution in [2.24, 2.45) is 10.9 Å². The molecule has 0 spiro atoms. The van der Waals surface area contributed by atoms with E-state index >= 15 is 0 Å². The smallest absolute Gasteiger partial charge is 0.413 e. The molecule has 0 bridgehead atoms. The molecule has 28 heavy (non-hydrogen) atoms. The zero-order chi connectivity index (χ0) is 20.7. The Morgan fingerprint density at radius 1 is 1.50 bits per heavy atom. The van der Waals surface area contributed by atoms with Crippen LogP contribution in [0.3, 0.4) is 0 Å². The number of nitro groups is 1. The lowest BCUT2D eigenvalue weighted by Gasteiger charge is -2.36. The number of carbonyl (C=O) groups is 1. The molecule has 1 amide bonds. The van der Waals surface area contributed by atoms with Gasteiger partial charge in [-0.05, 0) is 33.8 Å². The molecular weight excluding hydrogens is 389 g/mol. The summed E-state index contributed by atoms with van der Waals surface area (Å²) < 4.78 is 25.7. The number of nitro benzene ring substituents is 1. The van der Waals surface area contributed by atoms with Gasteiger partial charge in [0.25, 0.3) is 5.69 Å². The topological polar surface area (TPSA) is 103 Å². The number of carbonyl (C=O) groups excluding carboxylic acids is 1. The van der Waals surface area contributed by atoms with E-state index in [0.29, 0.717) is 5.75 Å². The van der Waals surface area contributed by atoms with Crippen LogP contribution in [0, 0.1) is 21.8 Å². The number of halogens is 1. The Balaban J connectivity index is 2.01. The lowest BCUT2D eigenvalue weighted by Crippen LogP contribution is -2.44. The first-order valence-corrected chi connectivity index (χ1v) is 9.79. The molecule has 1 N–H and O–H groups in total. The van der Waals surface area contributed by atoms with Crippen molar-refractivity contribution >= 4 is 28.7 Å². The van der Waals surface area contributed by atoms with E-state index < -0.39 is 28.0 Å². The van der Waals surface area contributed by atoms with Crippen molar-refractivity contribution in [1.29, 1.82) is 0 Å². The fourth-order valence-electron chi connectivity index (χ4n) is 3.39. The van der Waals surface area contributed by atoms with E-state index in [-0.39, 0.29) is 35.0 Å². The van der Waals surface area contributed by atoms with Crippen LogP contribution in [0.4, 0.5) is 14.9 Å². The zero-order valence-electron chi connectivity index (χ0n) is 16.0. The summed E-state index contributed by atoms with van der Waals surface area (Å²) in [6.45, 7) is 7.15. The van der Waals surface area contributed by atoms with Gasteiger partial charge >= 0.3 is 6.09 Å². The lowest BCUT2D eigenvalue weighted by molar-refractivity contribution is -0.385. The lowest BCUT2D eigenvalue weighted by atomic mass is 9.79. The molecule has 0 radical (unpaired) electrons. The van der Waals surface area contributed by atoms with Crippen molar-refractivity contribution in [2.75, 3.05) is 12.4 Å². The number of amidine groups is 1. The number of non-ortho nitro benzene ring substituents is 1. The molecule has 1 fully saturated rings. The molecule has 1 aromatic rings. The molecule has 3 atom stereocenters. The van der Waals surface area contributed by atoms with Crippen molar-refractivity contribution in [2.45, 2.75) is 44.9 Å². The molecule has 152 valence electrons. The molecule has 1 aromatic carbocycles. The molecular formula is C18H22FN3O5S. The zero-order valence-corrected chi connectivity index (χ0v) is 16.8. The minimum absolute atomic E-state index is 0.0664. The molecule has 0 unspecified atom stereocenters. The number of rotatable bonds is 2. The molecule has 3 rings (SSSR count). The maximum Gasteiger partial charge on any atom is 0.413 e. The Kier molecular flexibility index (Phi) is 5.37. The van der Waals surface area contributed by atoms with Gasteiger partial charge in [-0.1, -0.05) is 11.8 Å². The van der Waals surface area contributed by atoms with Gasteiger partial charge in [0.1, 0.15) is 17.0 Å². The van der Waals surface area contributed by atoms with Gasteiger partial charge in [0.05, 0.1) is 17.6 Å². The van der Waals surface area contributed by atoms with Crippen LogP contribution < -0.4 is 5.32 Å². The fourth-order valence-corrected chi connectivity index (χ4v) is 4.66. The summed E-state index contributed by atoms with van der Waals surface area (Å²) in [5, 5.41) is 14.0. The number of fused-ring (bicyclic) bond motifs is 1. The molecule has 0 saturated carbocycles. The average Bonchev–Trinajstić information content (AvgIpc) is 2.90. The molecule has 0 aromatic heterocycles. The summed E-state index contributed by atoms with van der Waals surface area (Å²) in [7, 11) is 0. The van der Waals surface area contributed by atoms with E-state index in [1.807, 2.05) is 6.92 Å².